The van der Waals surface area contributed by atoms with Crippen LogP contribution in [-0.4, -0.2) is 36.7 Å². The number of carbonyl (C=O) groups excluding carboxylic acids is 1. The lowest BCUT2D eigenvalue weighted by molar-refractivity contribution is 0.0985. The Balaban J connectivity index is 1.64. The Morgan fingerprint density at radius 2 is 1.55 bits per heavy atom. The summed E-state index contributed by atoms with van der Waals surface area (Å²) in [5, 5.41) is 0.612. The fraction of sp³-hybridized carbons (Fsp3) is 0.333. The van der Waals surface area contributed by atoms with E-state index in [4.69, 9.17) is 4.98 Å². The number of aryl methyl sites for hydroxylation is 1. The first kappa shape index (κ1) is 28.0. The number of amides is 1. The first-order valence-corrected chi connectivity index (χ1v) is 15.4. The van der Waals surface area contributed by atoms with Crippen molar-refractivity contribution < 1.29 is 13.2 Å². The first-order valence-electron chi connectivity index (χ1n) is 13.2. The van der Waals surface area contributed by atoms with Gasteiger partial charge in [0.25, 0.3) is 5.91 Å². The molecule has 0 bridgehead atoms. The molecule has 4 rings (SSSR count). The van der Waals surface area contributed by atoms with Gasteiger partial charge in [-0.05, 0) is 67.3 Å². The molecule has 3 aromatic carbocycles. The van der Waals surface area contributed by atoms with Gasteiger partial charge in [-0.15, -0.1) is 0 Å². The number of nitrogens with zero attached hydrogens (tertiary/aromatic N) is 3. The largest absolute Gasteiger partial charge is 0.279 e. The van der Waals surface area contributed by atoms with Crippen LogP contribution in [0.15, 0.2) is 77.7 Å². The Labute approximate surface area is 230 Å². The van der Waals surface area contributed by atoms with E-state index in [1.165, 1.54) is 11.3 Å². The van der Waals surface area contributed by atoms with Crippen molar-refractivity contribution in [2.24, 2.45) is 0 Å². The highest BCUT2D eigenvalue weighted by Gasteiger charge is 2.26. The number of benzene rings is 3. The maximum atomic E-state index is 13.8. The lowest BCUT2D eigenvalue weighted by Gasteiger charge is -2.23. The van der Waals surface area contributed by atoms with E-state index in [1.54, 1.807) is 33.5 Å². The summed E-state index contributed by atoms with van der Waals surface area (Å²) in [5.41, 5.74) is 3.39. The summed E-state index contributed by atoms with van der Waals surface area (Å²) in [4.78, 5) is 20.4. The van der Waals surface area contributed by atoms with Gasteiger partial charge in [0.1, 0.15) is 0 Å². The van der Waals surface area contributed by atoms with E-state index in [0.717, 1.165) is 47.0 Å². The smallest absolute Gasteiger partial charge is 0.260 e. The molecular weight excluding hydrogens is 514 g/mol. The summed E-state index contributed by atoms with van der Waals surface area (Å²) >= 11 is 1.48. The van der Waals surface area contributed by atoms with Gasteiger partial charge >= 0.3 is 0 Å². The molecule has 0 atom stereocenters. The van der Waals surface area contributed by atoms with Crippen LogP contribution in [-0.2, 0) is 16.6 Å². The van der Waals surface area contributed by atoms with Crippen molar-refractivity contribution in [2.75, 3.05) is 18.0 Å². The number of unbranched alkanes of at least 4 members (excludes halogenated alkanes) is 2. The number of fused-ring (bicyclic) bond motifs is 1. The monoisotopic (exact) mass is 549 g/mol. The predicted molar refractivity (Wildman–Crippen MR) is 156 cm³/mol. The standard InChI is InChI=1S/C30H35N3O3S2/c1-4-6-19-32(20-7-5-2)38(35,36)26-16-14-25(15-17-26)29(34)33(22-24-11-9-8-10-12-24)30-31-27-18-13-23(3)21-28(27)37-30/h8-18,21H,4-7,19-20,22H2,1-3H3. The number of rotatable bonds is 12. The quantitative estimate of drug-likeness (QED) is 0.190. The zero-order chi connectivity index (χ0) is 27.1. The van der Waals surface area contributed by atoms with Crippen LogP contribution in [0.5, 0.6) is 0 Å². The molecule has 1 heterocycles. The molecule has 0 aliphatic heterocycles. The topological polar surface area (TPSA) is 70.6 Å². The van der Waals surface area contributed by atoms with Crippen LogP contribution >= 0.6 is 11.3 Å². The average Bonchev–Trinajstić information content (AvgIpc) is 3.35. The van der Waals surface area contributed by atoms with Crippen molar-refractivity contribution in [3.05, 3.63) is 89.5 Å². The molecule has 8 heteroatoms. The van der Waals surface area contributed by atoms with Gasteiger partial charge in [0.15, 0.2) is 5.13 Å². The van der Waals surface area contributed by atoms with Crippen LogP contribution in [0.25, 0.3) is 10.2 Å². The van der Waals surface area contributed by atoms with E-state index < -0.39 is 10.0 Å². The van der Waals surface area contributed by atoms with Gasteiger partial charge in [-0.25, -0.2) is 13.4 Å². The van der Waals surface area contributed by atoms with Crippen molar-refractivity contribution in [1.29, 1.82) is 0 Å². The Morgan fingerprint density at radius 1 is 0.895 bits per heavy atom. The SMILES string of the molecule is CCCCN(CCCC)S(=O)(=O)c1ccc(C(=O)N(Cc2ccccc2)c2nc3ccc(C)cc3s2)cc1. The number of hydrogen-bond acceptors (Lipinski definition) is 5. The molecule has 4 aromatic rings. The van der Waals surface area contributed by atoms with Crippen LogP contribution < -0.4 is 4.90 Å². The minimum absolute atomic E-state index is 0.214. The Bertz CT molecular complexity index is 1460. The second-order valence-electron chi connectivity index (χ2n) is 9.48. The maximum absolute atomic E-state index is 13.8. The van der Waals surface area contributed by atoms with E-state index in [-0.39, 0.29) is 10.8 Å². The summed E-state index contributed by atoms with van der Waals surface area (Å²) < 4.78 is 29.3. The van der Waals surface area contributed by atoms with Crippen LogP contribution in [0, 0.1) is 6.92 Å². The fourth-order valence-corrected chi connectivity index (χ4v) is 6.80. The average molecular weight is 550 g/mol. The number of sulfonamides is 1. The molecule has 38 heavy (non-hydrogen) atoms. The molecule has 0 radical (unpaired) electrons. The minimum atomic E-state index is -3.63. The molecule has 0 aliphatic rings. The first-order chi connectivity index (χ1) is 18.3. The second-order valence-corrected chi connectivity index (χ2v) is 12.4. The van der Waals surface area contributed by atoms with Crippen molar-refractivity contribution in [3.63, 3.8) is 0 Å². The van der Waals surface area contributed by atoms with Crippen LogP contribution in [0.4, 0.5) is 5.13 Å². The molecule has 6 nitrogen and oxygen atoms in total. The summed E-state index contributed by atoms with van der Waals surface area (Å²) in [5.74, 6) is -0.220. The van der Waals surface area contributed by atoms with Crippen molar-refractivity contribution in [3.8, 4) is 0 Å². The van der Waals surface area contributed by atoms with Gasteiger partial charge in [-0.1, -0.05) is 74.4 Å². The molecule has 0 N–H and O–H groups in total. The van der Waals surface area contributed by atoms with Crippen LogP contribution in [0.3, 0.4) is 0 Å². The van der Waals surface area contributed by atoms with E-state index in [0.29, 0.717) is 30.3 Å². The lowest BCUT2D eigenvalue weighted by Crippen LogP contribution is -2.33. The van der Waals surface area contributed by atoms with E-state index in [1.807, 2.05) is 49.4 Å². The van der Waals surface area contributed by atoms with E-state index >= 15 is 0 Å². The molecule has 0 unspecified atom stereocenters. The summed E-state index contributed by atoms with van der Waals surface area (Å²) in [6.45, 7) is 7.51. The third kappa shape index (κ3) is 6.49. The fourth-order valence-electron chi connectivity index (χ4n) is 4.22. The molecule has 0 spiro atoms. The number of aromatic nitrogens is 1. The molecular formula is C30H35N3O3S2. The Kier molecular flexibility index (Phi) is 9.31. The van der Waals surface area contributed by atoms with E-state index in [9.17, 15) is 13.2 Å². The van der Waals surface area contributed by atoms with Gasteiger partial charge in [-0.3, -0.25) is 9.69 Å². The number of anilines is 1. The second kappa shape index (κ2) is 12.7. The third-order valence-electron chi connectivity index (χ3n) is 6.45. The summed E-state index contributed by atoms with van der Waals surface area (Å²) in [6.07, 6.45) is 3.48. The van der Waals surface area contributed by atoms with Crippen LogP contribution in [0.2, 0.25) is 0 Å². The summed E-state index contributed by atoms with van der Waals surface area (Å²) in [7, 11) is -3.63. The number of thiazole rings is 1. The normalized spacial score (nSPS) is 11.8. The number of hydrogen-bond donors (Lipinski definition) is 0. The van der Waals surface area contributed by atoms with E-state index in [2.05, 4.69) is 19.9 Å². The van der Waals surface area contributed by atoms with Crippen molar-refractivity contribution in [1.82, 2.24) is 9.29 Å². The van der Waals surface area contributed by atoms with Crippen molar-refractivity contribution >= 4 is 42.6 Å². The molecule has 0 aliphatic carbocycles. The van der Waals surface area contributed by atoms with Gasteiger partial charge in [0.2, 0.25) is 10.0 Å². The molecule has 0 saturated carbocycles. The van der Waals surface area contributed by atoms with Gasteiger partial charge in [0.05, 0.1) is 21.7 Å². The zero-order valence-electron chi connectivity index (χ0n) is 22.3. The maximum Gasteiger partial charge on any atom is 0.260 e. The van der Waals surface area contributed by atoms with Crippen LogP contribution in [0.1, 0.15) is 61.0 Å². The Morgan fingerprint density at radius 3 is 2.18 bits per heavy atom. The predicted octanol–water partition coefficient (Wildman–Crippen LogP) is 7.04. The molecule has 1 amide bonds. The highest BCUT2D eigenvalue weighted by atomic mass is 32.2. The Hall–Kier alpha value is -3.07. The highest BCUT2D eigenvalue weighted by molar-refractivity contribution is 7.89. The van der Waals surface area contributed by atoms with Gasteiger partial charge in [0, 0.05) is 18.7 Å². The summed E-state index contributed by atoms with van der Waals surface area (Å²) in [6, 6.07) is 22.2. The number of carbonyl (C=O) groups is 1. The lowest BCUT2D eigenvalue weighted by atomic mass is 10.1. The zero-order valence-corrected chi connectivity index (χ0v) is 23.9. The molecule has 1 aromatic heterocycles. The third-order valence-corrected chi connectivity index (χ3v) is 9.41. The van der Waals surface area contributed by atoms with Crippen molar-refractivity contribution in [2.45, 2.75) is 57.9 Å². The van der Waals surface area contributed by atoms with Gasteiger partial charge < -0.3 is 0 Å². The molecule has 200 valence electrons. The molecule has 0 fully saturated rings. The molecule has 0 saturated heterocycles. The minimum Gasteiger partial charge on any atom is -0.279 e. The highest BCUT2D eigenvalue weighted by Crippen LogP contribution is 2.32. The van der Waals surface area contributed by atoms with Gasteiger partial charge in [-0.2, -0.15) is 4.31 Å².